The standard InChI is InChI=1S/C22H26N2O3/c1-26-20-9-5-6-10-21(20)27-16-22(25)24-14-13-23(18-11-12-18)15-19(24)17-7-3-2-4-8-17/h2-10,18-19H,11-16H2,1H3. The normalized spacial score (nSPS) is 20.3. The Labute approximate surface area is 160 Å². The van der Waals surface area contributed by atoms with Crippen LogP contribution in [0.4, 0.5) is 0 Å². The topological polar surface area (TPSA) is 42.0 Å². The molecule has 0 N–H and O–H groups in total. The average Bonchev–Trinajstić information content (AvgIpc) is 3.58. The van der Waals surface area contributed by atoms with Crippen LogP contribution in [0.1, 0.15) is 24.4 Å². The molecule has 2 aliphatic rings. The van der Waals surface area contributed by atoms with Crippen LogP contribution >= 0.6 is 0 Å². The maximum Gasteiger partial charge on any atom is 0.261 e. The Morgan fingerprint density at radius 1 is 1.00 bits per heavy atom. The fourth-order valence-corrected chi connectivity index (χ4v) is 3.79. The van der Waals surface area contributed by atoms with Crippen molar-refractivity contribution in [1.82, 2.24) is 9.80 Å². The van der Waals surface area contributed by atoms with Gasteiger partial charge in [-0.3, -0.25) is 9.69 Å². The summed E-state index contributed by atoms with van der Waals surface area (Å²) >= 11 is 0. The number of carbonyl (C=O) groups is 1. The number of carbonyl (C=O) groups excluding carboxylic acids is 1. The molecule has 0 aromatic heterocycles. The van der Waals surface area contributed by atoms with E-state index in [1.165, 1.54) is 18.4 Å². The molecular formula is C22H26N2O3. The van der Waals surface area contributed by atoms with E-state index >= 15 is 0 Å². The van der Waals surface area contributed by atoms with Gasteiger partial charge in [0, 0.05) is 25.7 Å². The van der Waals surface area contributed by atoms with Gasteiger partial charge in [-0.15, -0.1) is 0 Å². The molecule has 1 saturated carbocycles. The van der Waals surface area contributed by atoms with E-state index in [-0.39, 0.29) is 18.6 Å². The minimum atomic E-state index is 0.0187. The Hall–Kier alpha value is -2.53. The first-order valence-corrected chi connectivity index (χ1v) is 9.60. The Kier molecular flexibility index (Phi) is 5.30. The largest absolute Gasteiger partial charge is 0.493 e. The van der Waals surface area contributed by atoms with Gasteiger partial charge < -0.3 is 14.4 Å². The number of nitrogens with zero attached hydrogens (tertiary/aromatic N) is 2. The number of benzene rings is 2. The Balaban J connectivity index is 1.47. The van der Waals surface area contributed by atoms with Crippen LogP contribution in [0.25, 0.3) is 0 Å². The first-order chi connectivity index (χ1) is 13.3. The number of hydrogen-bond donors (Lipinski definition) is 0. The molecule has 2 fully saturated rings. The van der Waals surface area contributed by atoms with E-state index in [2.05, 4.69) is 17.0 Å². The van der Waals surface area contributed by atoms with Crippen LogP contribution in [0.3, 0.4) is 0 Å². The van der Waals surface area contributed by atoms with Crippen LogP contribution in [-0.2, 0) is 4.79 Å². The number of ether oxygens (including phenoxy) is 2. The highest BCUT2D eigenvalue weighted by Gasteiger charge is 2.37. The second-order valence-electron chi connectivity index (χ2n) is 7.18. The van der Waals surface area contributed by atoms with E-state index in [0.717, 1.165) is 19.6 Å². The summed E-state index contributed by atoms with van der Waals surface area (Å²) in [5.74, 6) is 1.26. The maximum absolute atomic E-state index is 13.0. The van der Waals surface area contributed by atoms with Crippen molar-refractivity contribution in [3.63, 3.8) is 0 Å². The second kappa shape index (κ2) is 8.01. The predicted octanol–water partition coefficient (Wildman–Crippen LogP) is 3.12. The van der Waals surface area contributed by atoms with Crippen molar-refractivity contribution in [3.8, 4) is 11.5 Å². The first-order valence-electron chi connectivity index (χ1n) is 9.60. The first kappa shape index (κ1) is 17.9. The molecule has 0 bridgehead atoms. The number of para-hydroxylation sites is 2. The lowest BCUT2D eigenvalue weighted by Gasteiger charge is -2.42. The van der Waals surface area contributed by atoms with Crippen molar-refractivity contribution < 1.29 is 14.3 Å². The third-order valence-corrected chi connectivity index (χ3v) is 5.40. The molecule has 5 nitrogen and oxygen atoms in total. The Bertz CT molecular complexity index is 776. The smallest absolute Gasteiger partial charge is 0.261 e. The zero-order valence-corrected chi connectivity index (χ0v) is 15.7. The molecular weight excluding hydrogens is 340 g/mol. The zero-order valence-electron chi connectivity index (χ0n) is 15.7. The van der Waals surface area contributed by atoms with Gasteiger partial charge in [-0.1, -0.05) is 42.5 Å². The lowest BCUT2D eigenvalue weighted by Crippen LogP contribution is -2.52. The average molecular weight is 366 g/mol. The maximum atomic E-state index is 13.0. The molecule has 27 heavy (non-hydrogen) atoms. The number of amides is 1. The van der Waals surface area contributed by atoms with Crippen molar-refractivity contribution in [3.05, 3.63) is 60.2 Å². The van der Waals surface area contributed by atoms with E-state index in [0.29, 0.717) is 17.5 Å². The molecule has 1 aliphatic heterocycles. The summed E-state index contributed by atoms with van der Waals surface area (Å²) in [6.07, 6.45) is 2.57. The molecule has 142 valence electrons. The summed E-state index contributed by atoms with van der Waals surface area (Å²) in [5.41, 5.74) is 1.19. The molecule has 1 unspecified atom stereocenters. The van der Waals surface area contributed by atoms with Crippen LogP contribution < -0.4 is 9.47 Å². The molecule has 1 aliphatic carbocycles. The zero-order chi connectivity index (χ0) is 18.6. The van der Waals surface area contributed by atoms with E-state index in [1.807, 2.05) is 47.4 Å². The number of hydrogen-bond acceptors (Lipinski definition) is 4. The molecule has 2 aromatic rings. The molecule has 1 saturated heterocycles. The van der Waals surface area contributed by atoms with E-state index < -0.39 is 0 Å². The summed E-state index contributed by atoms with van der Waals surface area (Å²) in [6.45, 7) is 2.60. The second-order valence-corrected chi connectivity index (χ2v) is 7.18. The van der Waals surface area contributed by atoms with Gasteiger partial charge in [-0.2, -0.15) is 0 Å². The molecule has 1 atom stereocenters. The van der Waals surface area contributed by atoms with Crippen molar-refractivity contribution >= 4 is 5.91 Å². The SMILES string of the molecule is COc1ccccc1OCC(=O)N1CCN(C2CC2)CC1c1ccccc1. The number of methoxy groups -OCH3 is 1. The van der Waals surface area contributed by atoms with Crippen LogP contribution in [0.15, 0.2) is 54.6 Å². The Morgan fingerprint density at radius 3 is 2.41 bits per heavy atom. The van der Waals surface area contributed by atoms with E-state index in [4.69, 9.17) is 9.47 Å². The molecule has 5 heteroatoms. The molecule has 4 rings (SSSR count). The minimum absolute atomic E-state index is 0.0187. The van der Waals surface area contributed by atoms with Gasteiger partial charge in [0.05, 0.1) is 13.2 Å². The third-order valence-electron chi connectivity index (χ3n) is 5.40. The van der Waals surface area contributed by atoms with Crippen molar-refractivity contribution in [2.24, 2.45) is 0 Å². The third kappa shape index (κ3) is 4.08. The quantitative estimate of drug-likeness (QED) is 0.788. The van der Waals surface area contributed by atoms with Gasteiger partial charge in [0.25, 0.3) is 5.91 Å². The summed E-state index contributed by atoms with van der Waals surface area (Å²) in [6, 6.07) is 18.5. The molecule has 1 heterocycles. The summed E-state index contributed by atoms with van der Waals surface area (Å²) in [4.78, 5) is 17.5. The van der Waals surface area contributed by atoms with Gasteiger partial charge in [0.1, 0.15) is 0 Å². The van der Waals surface area contributed by atoms with Gasteiger partial charge in [0.2, 0.25) is 0 Å². The highest BCUT2D eigenvalue weighted by atomic mass is 16.5. The van der Waals surface area contributed by atoms with E-state index in [1.54, 1.807) is 7.11 Å². The molecule has 2 aromatic carbocycles. The lowest BCUT2D eigenvalue weighted by molar-refractivity contribution is -0.138. The summed E-state index contributed by atoms with van der Waals surface area (Å²) in [5, 5.41) is 0. The fraction of sp³-hybridized carbons (Fsp3) is 0.409. The van der Waals surface area contributed by atoms with E-state index in [9.17, 15) is 4.79 Å². The fourth-order valence-electron chi connectivity index (χ4n) is 3.79. The number of rotatable bonds is 6. The summed E-state index contributed by atoms with van der Waals surface area (Å²) in [7, 11) is 1.60. The van der Waals surface area contributed by atoms with Crippen molar-refractivity contribution in [2.45, 2.75) is 24.9 Å². The van der Waals surface area contributed by atoms with Gasteiger partial charge in [-0.25, -0.2) is 0 Å². The number of piperazine rings is 1. The van der Waals surface area contributed by atoms with Gasteiger partial charge >= 0.3 is 0 Å². The predicted molar refractivity (Wildman–Crippen MR) is 104 cm³/mol. The molecule has 1 amide bonds. The van der Waals surface area contributed by atoms with Crippen molar-refractivity contribution in [1.29, 1.82) is 0 Å². The highest BCUT2D eigenvalue weighted by Crippen LogP contribution is 2.33. The molecule has 0 spiro atoms. The molecule has 0 radical (unpaired) electrons. The van der Waals surface area contributed by atoms with Crippen LogP contribution in [0, 0.1) is 0 Å². The van der Waals surface area contributed by atoms with Crippen LogP contribution in [0.5, 0.6) is 11.5 Å². The van der Waals surface area contributed by atoms with Gasteiger partial charge in [-0.05, 0) is 30.5 Å². The van der Waals surface area contributed by atoms with Crippen molar-refractivity contribution in [2.75, 3.05) is 33.4 Å². The highest BCUT2D eigenvalue weighted by molar-refractivity contribution is 5.78. The monoisotopic (exact) mass is 366 g/mol. The Morgan fingerprint density at radius 2 is 1.70 bits per heavy atom. The van der Waals surface area contributed by atoms with Gasteiger partial charge in [0.15, 0.2) is 18.1 Å². The summed E-state index contributed by atoms with van der Waals surface area (Å²) < 4.78 is 11.1. The minimum Gasteiger partial charge on any atom is -0.493 e. The lowest BCUT2D eigenvalue weighted by atomic mass is 10.0. The van der Waals surface area contributed by atoms with Crippen LogP contribution in [-0.4, -0.2) is 55.1 Å². The van der Waals surface area contributed by atoms with Crippen LogP contribution in [0.2, 0.25) is 0 Å².